The van der Waals surface area contributed by atoms with Gasteiger partial charge in [-0.2, -0.15) is 0 Å². The van der Waals surface area contributed by atoms with Gasteiger partial charge in [0, 0.05) is 6.54 Å². The molecule has 1 aliphatic rings. The Labute approximate surface area is 101 Å². The van der Waals surface area contributed by atoms with Gasteiger partial charge >= 0.3 is 0 Å². The zero-order valence-corrected chi connectivity index (χ0v) is 10.9. The molecule has 0 aromatic heterocycles. The number of hydrogen-bond donors (Lipinski definition) is 0. The zero-order valence-electron chi connectivity index (χ0n) is 10.1. The highest BCUT2D eigenvalue weighted by atomic mass is 32.2. The van der Waals surface area contributed by atoms with E-state index in [4.69, 9.17) is 0 Å². The van der Waals surface area contributed by atoms with Crippen LogP contribution in [0.4, 0.5) is 0 Å². The number of sulfonamides is 1. The van der Waals surface area contributed by atoms with Crippen LogP contribution >= 0.6 is 0 Å². The maximum Gasteiger partial charge on any atom is 0.269 e. The third-order valence-electron chi connectivity index (χ3n) is 2.53. The number of rotatable bonds is 1. The van der Waals surface area contributed by atoms with E-state index in [2.05, 4.69) is 0 Å². The summed E-state index contributed by atoms with van der Waals surface area (Å²) in [6, 6.07) is 6.33. The molecule has 1 aromatic rings. The van der Waals surface area contributed by atoms with Crippen molar-refractivity contribution in [2.75, 3.05) is 6.54 Å². The number of fused-ring (bicyclic) bond motifs is 1. The normalized spacial score (nSPS) is 18.3. The van der Waals surface area contributed by atoms with Gasteiger partial charge in [-0.1, -0.05) is 32.9 Å². The summed E-state index contributed by atoms with van der Waals surface area (Å²) >= 11 is 0. The molecule has 0 unspecified atom stereocenters. The lowest BCUT2D eigenvalue weighted by atomic mass is 9.97. The van der Waals surface area contributed by atoms with Crippen LogP contribution in [0.25, 0.3) is 0 Å². The van der Waals surface area contributed by atoms with Crippen LogP contribution in [0.3, 0.4) is 0 Å². The monoisotopic (exact) mass is 253 g/mol. The molecule has 0 spiro atoms. The van der Waals surface area contributed by atoms with E-state index in [1.54, 1.807) is 18.2 Å². The molecule has 0 atom stereocenters. The average Bonchev–Trinajstić information content (AvgIpc) is 2.39. The number of carbonyl (C=O) groups is 1. The van der Waals surface area contributed by atoms with E-state index in [9.17, 15) is 13.2 Å². The summed E-state index contributed by atoms with van der Waals surface area (Å²) in [5.74, 6) is -0.421. The Hall–Kier alpha value is -1.36. The van der Waals surface area contributed by atoms with Crippen LogP contribution in [0.5, 0.6) is 0 Å². The Balaban J connectivity index is 2.52. The van der Waals surface area contributed by atoms with Crippen molar-refractivity contribution in [3.05, 3.63) is 29.8 Å². The summed E-state index contributed by atoms with van der Waals surface area (Å²) in [4.78, 5) is 12.2. The summed E-state index contributed by atoms with van der Waals surface area (Å²) < 4.78 is 25.3. The van der Waals surface area contributed by atoms with Crippen molar-refractivity contribution in [1.82, 2.24) is 4.31 Å². The minimum atomic E-state index is -3.64. The quantitative estimate of drug-likeness (QED) is 0.768. The first-order valence-corrected chi connectivity index (χ1v) is 6.83. The molecular weight excluding hydrogens is 238 g/mol. The van der Waals surface area contributed by atoms with E-state index in [1.807, 2.05) is 20.8 Å². The Kier molecular flexibility index (Phi) is 2.54. The summed E-state index contributed by atoms with van der Waals surface area (Å²) in [7, 11) is -3.64. The van der Waals surface area contributed by atoms with E-state index < -0.39 is 15.9 Å². The van der Waals surface area contributed by atoms with Crippen LogP contribution in [0.1, 0.15) is 31.1 Å². The number of nitrogens with zero attached hydrogens (tertiary/aromatic N) is 1. The van der Waals surface area contributed by atoms with E-state index >= 15 is 0 Å². The standard InChI is InChI=1S/C12H15NO3S/c1-12(2,3)8-13-11(14)9-6-4-5-7-10(9)17(13,15)16/h4-7H,8H2,1-3H3. The molecule has 0 bridgehead atoms. The van der Waals surface area contributed by atoms with Crippen LogP contribution in [0, 0.1) is 5.41 Å². The maximum atomic E-state index is 12.2. The molecule has 2 rings (SSSR count). The second kappa shape index (κ2) is 3.57. The number of amides is 1. The number of hydrogen-bond acceptors (Lipinski definition) is 3. The van der Waals surface area contributed by atoms with Crippen molar-refractivity contribution in [2.24, 2.45) is 5.41 Å². The second-order valence-electron chi connectivity index (χ2n) is 5.37. The van der Waals surface area contributed by atoms with Crippen LogP contribution in [0.15, 0.2) is 29.2 Å². The molecule has 0 radical (unpaired) electrons. The fourth-order valence-corrected chi connectivity index (χ4v) is 3.61. The molecule has 0 saturated carbocycles. The molecule has 0 aliphatic carbocycles. The molecule has 0 N–H and O–H groups in total. The summed E-state index contributed by atoms with van der Waals surface area (Å²) in [6.45, 7) is 5.90. The van der Waals surface area contributed by atoms with Gasteiger partial charge in [-0.05, 0) is 17.5 Å². The smallest absolute Gasteiger partial charge is 0.268 e. The van der Waals surface area contributed by atoms with Gasteiger partial charge in [-0.25, -0.2) is 12.7 Å². The van der Waals surface area contributed by atoms with Gasteiger partial charge in [0.05, 0.1) is 5.56 Å². The van der Waals surface area contributed by atoms with Crippen molar-refractivity contribution < 1.29 is 13.2 Å². The molecule has 1 aliphatic heterocycles. The Morgan fingerprint density at radius 3 is 2.29 bits per heavy atom. The van der Waals surface area contributed by atoms with Gasteiger partial charge < -0.3 is 0 Å². The average molecular weight is 253 g/mol. The summed E-state index contributed by atoms with van der Waals surface area (Å²) in [5.41, 5.74) is 0.0156. The molecule has 1 heterocycles. The van der Waals surface area contributed by atoms with Gasteiger partial charge in [0.25, 0.3) is 15.9 Å². The van der Waals surface area contributed by atoms with Crippen molar-refractivity contribution in [3.63, 3.8) is 0 Å². The van der Waals surface area contributed by atoms with Crippen LogP contribution in [0.2, 0.25) is 0 Å². The molecule has 1 aromatic carbocycles. The minimum absolute atomic E-state index is 0.120. The van der Waals surface area contributed by atoms with Gasteiger partial charge in [-0.15, -0.1) is 0 Å². The fourth-order valence-electron chi connectivity index (χ4n) is 1.82. The highest BCUT2D eigenvalue weighted by molar-refractivity contribution is 7.90. The highest BCUT2D eigenvalue weighted by Gasteiger charge is 2.42. The molecule has 0 saturated heterocycles. The van der Waals surface area contributed by atoms with Gasteiger partial charge in [0.15, 0.2) is 0 Å². The molecule has 1 amide bonds. The summed E-state index contributed by atoms with van der Waals surface area (Å²) in [5, 5.41) is 0. The first-order chi connectivity index (χ1) is 7.73. The second-order valence-corrected chi connectivity index (χ2v) is 7.20. The molecule has 17 heavy (non-hydrogen) atoms. The number of benzene rings is 1. The first-order valence-electron chi connectivity index (χ1n) is 5.39. The van der Waals surface area contributed by atoms with E-state index in [0.29, 0.717) is 0 Å². The lowest BCUT2D eigenvalue weighted by Gasteiger charge is -2.25. The van der Waals surface area contributed by atoms with Crippen molar-refractivity contribution in [3.8, 4) is 0 Å². The molecular formula is C12H15NO3S. The summed E-state index contributed by atoms with van der Waals surface area (Å²) in [6.07, 6.45) is 0. The molecule has 4 nitrogen and oxygen atoms in total. The zero-order chi connectivity index (χ0) is 12.8. The largest absolute Gasteiger partial charge is 0.269 e. The number of carbonyl (C=O) groups excluding carboxylic acids is 1. The fraction of sp³-hybridized carbons (Fsp3) is 0.417. The Morgan fingerprint density at radius 2 is 1.76 bits per heavy atom. The van der Waals surface area contributed by atoms with Crippen LogP contribution in [-0.4, -0.2) is 25.2 Å². The Morgan fingerprint density at radius 1 is 1.18 bits per heavy atom. The topological polar surface area (TPSA) is 54.5 Å². The van der Waals surface area contributed by atoms with Gasteiger partial charge in [0.2, 0.25) is 0 Å². The molecule has 92 valence electrons. The third-order valence-corrected chi connectivity index (χ3v) is 4.32. The van der Waals surface area contributed by atoms with Crippen molar-refractivity contribution >= 4 is 15.9 Å². The SMILES string of the molecule is CC(C)(C)CN1C(=O)c2ccccc2S1(=O)=O. The minimum Gasteiger partial charge on any atom is -0.268 e. The first kappa shape index (κ1) is 12.1. The lowest BCUT2D eigenvalue weighted by Crippen LogP contribution is -2.37. The van der Waals surface area contributed by atoms with Crippen LogP contribution in [-0.2, 0) is 10.0 Å². The highest BCUT2D eigenvalue weighted by Crippen LogP contribution is 2.32. The third kappa shape index (κ3) is 1.95. The lowest BCUT2D eigenvalue weighted by molar-refractivity contribution is 0.0839. The Bertz CT molecular complexity index is 570. The predicted molar refractivity (Wildman–Crippen MR) is 64.1 cm³/mol. The maximum absolute atomic E-state index is 12.2. The van der Waals surface area contributed by atoms with E-state index in [1.165, 1.54) is 6.07 Å². The molecule has 0 fully saturated rings. The van der Waals surface area contributed by atoms with Gasteiger partial charge in [0.1, 0.15) is 4.90 Å². The van der Waals surface area contributed by atoms with Gasteiger partial charge in [-0.3, -0.25) is 4.79 Å². The molecule has 5 heteroatoms. The van der Waals surface area contributed by atoms with Crippen molar-refractivity contribution in [2.45, 2.75) is 25.7 Å². The van der Waals surface area contributed by atoms with E-state index in [-0.39, 0.29) is 22.4 Å². The predicted octanol–water partition coefficient (Wildman–Crippen LogP) is 1.88. The van der Waals surface area contributed by atoms with E-state index in [0.717, 1.165) is 4.31 Å². The van der Waals surface area contributed by atoms with Crippen LogP contribution < -0.4 is 0 Å². The van der Waals surface area contributed by atoms with Crippen molar-refractivity contribution in [1.29, 1.82) is 0 Å².